The Morgan fingerprint density at radius 2 is 2.55 bits per heavy atom. The molecule has 11 heavy (non-hydrogen) atoms. The Morgan fingerprint density at radius 1 is 1.82 bits per heavy atom. The van der Waals surface area contributed by atoms with E-state index in [-0.39, 0.29) is 11.3 Å². The molecule has 1 amide bonds. The van der Waals surface area contributed by atoms with Gasteiger partial charge in [0.2, 0.25) is 5.91 Å². The van der Waals surface area contributed by atoms with Crippen LogP contribution in [0.15, 0.2) is 0 Å². The number of likely N-dealkylation sites (N-methyl/N-ethyl adjacent to an activating group) is 1. The molecule has 0 radical (unpaired) electrons. The largest absolute Gasteiger partial charge is 0.340 e. The average molecular weight is 177 g/mol. The molecule has 4 heteroatoms. The lowest BCUT2D eigenvalue weighted by Crippen LogP contribution is -2.32. The van der Waals surface area contributed by atoms with Gasteiger partial charge in [-0.1, -0.05) is 0 Å². The predicted molar refractivity (Wildman–Crippen MR) is 44.8 cm³/mol. The number of hydrogen-bond donors (Lipinski definition) is 1. The van der Waals surface area contributed by atoms with Gasteiger partial charge in [0.15, 0.2) is 0 Å². The van der Waals surface area contributed by atoms with Crippen molar-refractivity contribution in [2.24, 2.45) is 0 Å². The minimum atomic E-state index is 0.0272. The molecule has 1 heterocycles. The number of carbonyl (C=O) groups is 1. The number of alkyl halides is 1. The van der Waals surface area contributed by atoms with Crippen molar-refractivity contribution < 1.29 is 4.79 Å². The van der Waals surface area contributed by atoms with Gasteiger partial charge in [-0.3, -0.25) is 4.79 Å². The summed E-state index contributed by atoms with van der Waals surface area (Å²) in [7, 11) is 1.87. The molecule has 0 aromatic heterocycles. The monoisotopic (exact) mass is 176 g/mol. The van der Waals surface area contributed by atoms with Crippen molar-refractivity contribution in [3.8, 4) is 0 Å². The fourth-order valence-corrected chi connectivity index (χ4v) is 1.49. The van der Waals surface area contributed by atoms with E-state index < -0.39 is 0 Å². The van der Waals surface area contributed by atoms with Gasteiger partial charge in [0.25, 0.3) is 0 Å². The van der Waals surface area contributed by atoms with Gasteiger partial charge in [-0.25, -0.2) is 0 Å². The Balaban J connectivity index is 2.29. The van der Waals surface area contributed by atoms with Crippen molar-refractivity contribution in [1.29, 1.82) is 0 Å². The molecule has 0 aliphatic carbocycles. The maximum absolute atomic E-state index is 11.1. The Kier molecular flexibility index (Phi) is 3.15. The number of halogens is 1. The van der Waals surface area contributed by atoms with E-state index >= 15 is 0 Å². The summed E-state index contributed by atoms with van der Waals surface area (Å²) in [6, 6.07) is 0. The first-order valence-corrected chi connectivity index (χ1v) is 4.24. The molecule has 64 valence electrons. The highest BCUT2D eigenvalue weighted by atomic mass is 35.5. The molecular weight excluding hydrogens is 164 g/mol. The van der Waals surface area contributed by atoms with E-state index in [1.54, 1.807) is 4.90 Å². The fourth-order valence-electron chi connectivity index (χ4n) is 1.19. The SMILES string of the molecule is CNCCN1CC(Cl)CC1=O. The Morgan fingerprint density at radius 3 is 3.00 bits per heavy atom. The lowest BCUT2D eigenvalue weighted by molar-refractivity contribution is -0.127. The molecule has 1 unspecified atom stereocenters. The molecule has 0 saturated carbocycles. The summed E-state index contributed by atoms with van der Waals surface area (Å²) in [5, 5.41) is 3.02. The quantitative estimate of drug-likeness (QED) is 0.617. The van der Waals surface area contributed by atoms with Crippen LogP contribution < -0.4 is 5.32 Å². The van der Waals surface area contributed by atoms with Crippen molar-refractivity contribution in [2.75, 3.05) is 26.7 Å². The van der Waals surface area contributed by atoms with Crippen LogP contribution in [0.2, 0.25) is 0 Å². The van der Waals surface area contributed by atoms with Crippen LogP contribution in [-0.4, -0.2) is 42.9 Å². The van der Waals surface area contributed by atoms with Crippen molar-refractivity contribution in [2.45, 2.75) is 11.8 Å². The molecule has 0 aromatic rings. The normalized spacial score (nSPS) is 24.7. The Hall–Kier alpha value is -0.280. The number of carbonyl (C=O) groups excluding carboxylic acids is 1. The summed E-state index contributed by atoms with van der Waals surface area (Å²) < 4.78 is 0. The molecule has 1 rings (SSSR count). The van der Waals surface area contributed by atoms with Gasteiger partial charge in [-0.15, -0.1) is 11.6 Å². The maximum Gasteiger partial charge on any atom is 0.224 e. The topological polar surface area (TPSA) is 32.3 Å². The van der Waals surface area contributed by atoms with E-state index in [0.29, 0.717) is 13.0 Å². The maximum atomic E-state index is 11.1. The van der Waals surface area contributed by atoms with Gasteiger partial charge >= 0.3 is 0 Å². The van der Waals surface area contributed by atoms with E-state index in [1.807, 2.05) is 7.05 Å². The van der Waals surface area contributed by atoms with Gasteiger partial charge < -0.3 is 10.2 Å². The van der Waals surface area contributed by atoms with E-state index in [9.17, 15) is 4.79 Å². The second-order valence-corrected chi connectivity index (χ2v) is 3.36. The number of nitrogens with zero attached hydrogens (tertiary/aromatic N) is 1. The van der Waals surface area contributed by atoms with Gasteiger partial charge in [0.05, 0.1) is 5.38 Å². The fraction of sp³-hybridized carbons (Fsp3) is 0.857. The molecular formula is C7H13ClN2O. The highest BCUT2D eigenvalue weighted by Crippen LogP contribution is 2.15. The van der Waals surface area contributed by atoms with Crippen molar-refractivity contribution in [1.82, 2.24) is 10.2 Å². The second kappa shape index (κ2) is 3.93. The van der Waals surface area contributed by atoms with Crippen molar-refractivity contribution in [3.63, 3.8) is 0 Å². The van der Waals surface area contributed by atoms with Crippen LogP contribution in [0.1, 0.15) is 6.42 Å². The molecule has 0 aromatic carbocycles. The zero-order chi connectivity index (χ0) is 8.27. The van der Waals surface area contributed by atoms with Gasteiger partial charge in [0, 0.05) is 26.1 Å². The first-order chi connectivity index (χ1) is 5.24. The first-order valence-electron chi connectivity index (χ1n) is 3.80. The molecule has 1 atom stereocenters. The third-order valence-corrected chi connectivity index (χ3v) is 2.09. The number of amides is 1. The lowest BCUT2D eigenvalue weighted by atomic mass is 10.4. The third kappa shape index (κ3) is 2.34. The summed E-state index contributed by atoms with van der Waals surface area (Å²) >= 11 is 5.80. The minimum Gasteiger partial charge on any atom is -0.340 e. The van der Waals surface area contributed by atoms with Crippen LogP contribution in [0.25, 0.3) is 0 Å². The third-order valence-electron chi connectivity index (χ3n) is 1.80. The lowest BCUT2D eigenvalue weighted by Gasteiger charge is -2.14. The molecule has 1 N–H and O–H groups in total. The molecule has 1 aliphatic heterocycles. The van der Waals surface area contributed by atoms with Crippen LogP contribution in [0, 0.1) is 0 Å². The highest BCUT2D eigenvalue weighted by Gasteiger charge is 2.26. The summed E-state index contributed by atoms with van der Waals surface area (Å²) in [5.41, 5.74) is 0. The standard InChI is InChI=1S/C7H13ClN2O/c1-9-2-3-10-5-6(8)4-7(10)11/h6,9H,2-5H2,1H3. The number of rotatable bonds is 3. The van der Waals surface area contributed by atoms with Gasteiger partial charge in [0.1, 0.15) is 0 Å². The van der Waals surface area contributed by atoms with Crippen LogP contribution in [-0.2, 0) is 4.79 Å². The summed E-state index contributed by atoms with van der Waals surface area (Å²) in [5.74, 6) is 0.181. The number of likely N-dealkylation sites (tertiary alicyclic amines) is 1. The highest BCUT2D eigenvalue weighted by molar-refractivity contribution is 6.22. The molecule has 3 nitrogen and oxygen atoms in total. The number of nitrogens with one attached hydrogen (secondary N) is 1. The Bertz CT molecular complexity index is 151. The van der Waals surface area contributed by atoms with E-state index in [2.05, 4.69) is 5.32 Å². The smallest absolute Gasteiger partial charge is 0.224 e. The van der Waals surface area contributed by atoms with Crippen molar-refractivity contribution >= 4 is 17.5 Å². The molecule has 0 spiro atoms. The molecule has 1 aliphatic rings. The van der Waals surface area contributed by atoms with Gasteiger partial charge in [-0.05, 0) is 7.05 Å². The van der Waals surface area contributed by atoms with E-state index in [1.165, 1.54) is 0 Å². The predicted octanol–water partition coefficient (Wildman–Crippen LogP) is 0.0455. The molecule has 1 saturated heterocycles. The van der Waals surface area contributed by atoms with Crippen LogP contribution in [0.3, 0.4) is 0 Å². The summed E-state index contributed by atoms with van der Waals surface area (Å²) in [6.45, 7) is 2.33. The van der Waals surface area contributed by atoms with Crippen LogP contribution in [0.4, 0.5) is 0 Å². The van der Waals surface area contributed by atoms with Crippen LogP contribution >= 0.6 is 11.6 Å². The Labute approximate surface area is 71.7 Å². The van der Waals surface area contributed by atoms with E-state index in [4.69, 9.17) is 11.6 Å². The zero-order valence-electron chi connectivity index (χ0n) is 6.64. The van der Waals surface area contributed by atoms with E-state index in [0.717, 1.165) is 13.1 Å². The number of hydrogen-bond acceptors (Lipinski definition) is 2. The minimum absolute atomic E-state index is 0.0272. The summed E-state index contributed by atoms with van der Waals surface area (Å²) in [6.07, 6.45) is 0.505. The van der Waals surface area contributed by atoms with Crippen LogP contribution in [0.5, 0.6) is 0 Å². The average Bonchev–Trinajstić information content (AvgIpc) is 2.26. The summed E-state index contributed by atoms with van der Waals surface area (Å²) in [4.78, 5) is 12.9. The molecule has 0 bridgehead atoms. The zero-order valence-corrected chi connectivity index (χ0v) is 7.40. The molecule has 1 fully saturated rings. The van der Waals surface area contributed by atoms with Gasteiger partial charge in [-0.2, -0.15) is 0 Å². The first kappa shape index (κ1) is 8.81. The second-order valence-electron chi connectivity index (χ2n) is 2.74. The van der Waals surface area contributed by atoms with Crippen molar-refractivity contribution in [3.05, 3.63) is 0 Å².